The van der Waals surface area contributed by atoms with Crippen molar-refractivity contribution in [3.8, 4) is 0 Å². The van der Waals surface area contributed by atoms with Gasteiger partial charge in [-0.05, 0) is 13.8 Å². The Morgan fingerprint density at radius 1 is 1.22 bits per heavy atom. The summed E-state index contributed by atoms with van der Waals surface area (Å²) in [6.07, 6.45) is 0.429. The van der Waals surface area contributed by atoms with Crippen LogP contribution in [0.4, 0.5) is 0 Å². The third-order valence-corrected chi connectivity index (χ3v) is 3.57. The van der Waals surface area contributed by atoms with E-state index in [9.17, 15) is 8.42 Å². The van der Waals surface area contributed by atoms with E-state index in [4.69, 9.17) is 18.9 Å². The molecule has 0 saturated carbocycles. The van der Waals surface area contributed by atoms with Crippen molar-refractivity contribution in [3.63, 3.8) is 0 Å². The molecule has 108 valence electrons. The van der Waals surface area contributed by atoms with E-state index >= 15 is 0 Å². The van der Waals surface area contributed by atoms with Crippen molar-refractivity contribution in [2.75, 3.05) is 33.7 Å². The Kier molecular flexibility index (Phi) is 4.74. The fraction of sp³-hybridized carbons (Fsp3) is 1.00. The van der Waals surface area contributed by atoms with Crippen molar-refractivity contribution in [1.82, 2.24) is 0 Å². The Morgan fingerprint density at radius 2 is 1.78 bits per heavy atom. The van der Waals surface area contributed by atoms with Crippen LogP contribution in [0.1, 0.15) is 13.8 Å². The SMILES string of the molecule is CO[C@]1(C)OC[C@H](COS(C)(=O)=O)O[C@@]1(C)OC. The second-order valence-electron chi connectivity index (χ2n) is 4.34. The molecule has 7 nitrogen and oxygen atoms in total. The number of ether oxygens (including phenoxy) is 4. The smallest absolute Gasteiger partial charge is 0.264 e. The van der Waals surface area contributed by atoms with Crippen LogP contribution in [0.3, 0.4) is 0 Å². The van der Waals surface area contributed by atoms with Gasteiger partial charge in [0.2, 0.25) is 11.6 Å². The van der Waals surface area contributed by atoms with E-state index in [-0.39, 0.29) is 13.2 Å². The highest BCUT2D eigenvalue weighted by Crippen LogP contribution is 2.36. The van der Waals surface area contributed by atoms with Gasteiger partial charge in [0.05, 0.1) is 19.5 Å². The fourth-order valence-electron chi connectivity index (χ4n) is 1.60. The standard InChI is InChI=1S/C10H20O7S/c1-9(13-3)10(2,14-4)17-8(6-15-9)7-16-18(5,11)12/h8H,6-7H2,1-5H3/t8-,9-,10-/m1/s1. The van der Waals surface area contributed by atoms with Crippen molar-refractivity contribution in [3.05, 3.63) is 0 Å². The lowest BCUT2D eigenvalue weighted by Gasteiger charge is -2.48. The van der Waals surface area contributed by atoms with Crippen LogP contribution in [0, 0.1) is 0 Å². The van der Waals surface area contributed by atoms with Crippen LogP contribution in [-0.2, 0) is 33.2 Å². The molecule has 0 aromatic heterocycles. The van der Waals surface area contributed by atoms with Crippen LogP contribution < -0.4 is 0 Å². The molecule has 8 heteroatoms. The first-order valence-corrected chi connectivity index (χ1v) is 7.24. The van der Waals surface area contributed by atoms with Crippen LogP contribution >= 0.6 is 0 Å². The quantitative estimate of drug-likeness (QED) is 0.662. The highest BCUT2D eigenvalue weighted by molar-refractivity contribution is 7.85. The van der Waals surface area contributed by atoms with E-state index < -0.39 is 27.8 Å². The highest BCUT2D eigenvalue weighted by Gasteiger charge is 2.53. The van der Waals surface area contributed by atoms with E-state index in [1.807, 2.05) is 0 Å². The van der Waals surface area contributed by atoms with E-state index in [0.717, 1.165) is 6.26 Å². The molecule has 1 rings (SSSR count). The Balaban J connectivity index is 2.70. The Morgan fingerprint density at radius 3 is 2.22 bits per heavy atom. The molecule has 0 unspecified atom stereocenters. The van der Waals surface area contributed by atoms with E-state index in [0.29, 0.717) is 0 Å². The van der Waals surface area contributed by atoms with Crippen molar-refractivity contribution in [1.29, 1.82) is 0 Å². The van der Waals surface area contributed by atoms with Gasteiger partial charge in [-0.3, -0.25) is 4.18 Å². The van der Waals surface area contributed by atoms with E-state index in [1.54, 1.807) is 13.8 Å². The molecule has 1 aliphatic heterocycles. The molecule has 0 radical (unpaired) electrons. The molecule has 1 fully saturated rings. The lowest BCUT2D eigenvalue weighted by Crippen LogP contribution is -2.63. The number of hydrogen-bond acceptors (Lipinski definition) is 7. The van der Waals surface area contributed by atoms with Crippen molar-refractivity contribution in [2.24, 2.45) is 0 Å². The lowest BCUT2D eigenvalue weighted by atomic mass is 10.1. The van der Waals surface area contributed by atoms with Gasteiger partial charge in [0.15, 0.2) is 0 Å². The predicted molar refractivity (Wildman–Crippen MR) is 62.4 cm³/mol. The van der Waals surface area contributed by atoms with Gasteiger partial charge in [-0.1, -0.05) is 0 Å². The second kappa shape index (κ2) is 5.40. The van der Waals surface area contributed by atoms with Gasteiger partial charge in [-0.2, -0.15) is 8.42 Å². The minimum absolute atomic E-state index is 0.127. The summed E-state index contributed by atoms with van der Waals surface area (Å²) in [6, 6.07) is 0. The first-order chi connectivity index (χ1) is 8.16. The van der Waals surface area contributed by atoms with Gasteiger partial charge >= 0.3 is 0 Å². The molecular weight excluding hydrogens is 264 g/mol. The first kappa shape index (κ1) is 15.8. The number of hydrogen-bond donors (Lipinski definition) is 0. The summed E-state index contributed by atoms with van der Waals surface area (Å²) in [6.45, 7) is 3.36. The average Bonchev–Trinajstić information content (AvgIpc) is 2.30. The normalized spacial score (nSPS) is 37.7. The highest BCUT2D eigenvalue weighted by atomic mass is 32.2. The van der Waals surface area contributed by atoms with Gasteiger partial charge in [0.1, 0.15) is 6.10 Å². The van der Waals surface area contributed by atoms with Gasteiger partial charge in [0, 0.05) is 14.2 Å². The molecule has 1 aliphatic rings. The molecule has 0 aliphatic carbocycles. The van der Waals surface area contributed by atoms with Gasteiger partial charge < -0.3 is 18.9 Å². The minimum Gasteiger partial charge on any atom is -0.349 e. The van der Waals surface area contributed by atoms with Crippen molar-refractivity contribution >= 4 is 10.1 Å². The third-order valence-electron chi connectivity index (χ3n) is 3.01. The molecule has 0 aromatic carbocycles. The van der Waals surface area contributed by atoms with Gasteiger partial charge in [-0.25, -0.2) is 0 Å². The molecule has 0 bridgehead atoms. The molecule has 3 atom stereocenters. The minimum atomic E-state index is -3.51. The van der Waals surface area contributed by atoms with E-state index in [1.165, 1.54) is 14.2 Å². The maximum atomic E-state index is 10.9. The number of methoxy groups -OCH3 is 2. The summed E-state index contributed by atoms with van der Waals surface area (Å²) in [5, 5.41) is 0. The second-order valence-corrected chi connectivity index (χ2v) is 5.98. The lowest BCUT2D eigenvalue weighted by molar-refractivity contribution is -0.432. The summed E-state index contributed by atoms with van der Waals surface area (Å²) < 4.78 is 48.2. The maximum absolute atomic E-state index is 10.9. The summed E-state index contributed by atoms with van der Waals surface area (Å²) in [5.41, 5.74) is 0. The van der Waals surface area contributed by atoms with Crippen molar-refractivity contribution < 1.29 is 31.5 Å². The van der Waals surface area contributed by atoms with E-state index in [2.05, 4.69) is 4.18 Å². The largest absolute Gasteiger partial charge is 0.349 e. The third kappa shape index (κ3) is 3.40. The average molecular weight is 284 g/mol. The van der Waals surface area contributed by atoms with Gasteiger partial charge in [0.25, 0.3) is 10.1 Å². The topological polar surface area (TPSA) is 80.3 Å². The molecule has 0 spiro atoms. The fourth-order valence-corrected chi connectivity index (χ4v) is 2.00. The maximum Gasteiger partial charge on any atom is 0.264 e. The molecule has 0 N–H and O–H groups in total. The molecule has 1 saturated heterocycles. The molecular formula is C10H20O7S. The summed E-state index contributed by atoms with van der Waals surface area (Å²) in [4.78, 5) is 0. The zero-order valence-corrected chi connectivity index (χ0v) is 12.1. The molecule has 0 aromatic rings. The summed E-state index contributed by atoms with van der Waals surface area (Å²) >= 11 is 0. The van der Waals surface area contributed by atoms with Crippen molar-refractivity contribution in [2.45, 2.75) is 31.5 Å². The zero-order valence-electron chi connectivity index (χ0n) is 11.3. The first-order valence-electron chi connectivity index (χ1n) is 5.42. The summed E-state index contributed by atoms with van der Waals surface area (Å²) in [7, 11) is -0.571. The van der Waals surface area contributed by atoms with Crippen LogP contribution in [0.15, 0.2) is 0 Å². The van der Waals surface area contributed by atoms with Gasteiger partial charge in [-0.15, -0.1) is 0 Å². The predicted octanol–water partition coefficient (Wildman–Crippen LogP) is 0.103. The monoisotopic (exact) mass is 284 g/mol. The van der Waals surface area contributed by atoms with Crippen LogP contribution in [0.25, 0.3) is 0 Å². The molecule has 18 heavy (non-hydrogen) atoms. The Bertz CT molecular complexity index is 382. The van der Waals surface area contributed by atoms with Crippen LogP contribution in [0.5, 0.6) is 0 Å². The van der Waals surface area contributed by atoms with Crippen LogP contribution in [-0.4, -0.2) is 59.8 Å². The Hall–Kier alpha value is -0.250. The van der Waals surface area contributed by atoms with Crippen LogP contribution in [0.2, 0.25) is 0 Å². The number of rotatable bonds is 5. The molecule has 0 amide bonds. The Labute approximate surface area is 107 Å². The molecule has 1 heterocycles. The summed E-state index contributed by atoms with van der Waals surface area (Å²) in [5.74, 6) is -2.21. The zero-order chi connectivity index (χ0) is 14.0.